The van der Waals surface area contributed by atoms with Crippen LogP contribution in [0.2, 0.25) is 39.3 Å². The SMILES string of the molecule is C[Si](C)(C)c1cc2c(cc1[Si](C)(C)C)C[C@H]1CCCC[C@@H]1C2. The van der Waals surface area contributed by atoms with Gasteiger partial charge in [0.15, 0.2) is 0 Å². The molecule has 0 N–H and O–H groups in total. The first-order valence-electron chi connectivity index (χ1n) is 9.33. The molecule has 0 bridgehead atoms. The van der Waals surface area contributed by atoms with Crippen LogP contribution in [0.3, 0.4) is 0 Å². The first kappa shape index (κ1) is 16.5. The molecule has 122 valence electrons. The average molecular weight is 331 g/mol. The minimum absolute atomic E-state index is 0.994. The Morgan fingerprint density at radius 2 is 1.05 bits per heavy atom. The van der Waals surface area contributed by atoms with Gasteiger partial charge in [0.2, 0.25) is 0 Å². The van der Waals surface area contributed by atoms with Crippen LogP contribution in [-0.2, 0) is 12.8 Å². The molecule has 2 atom stereocenters. The molecule has 0 unspecified atom stereocenters. The summed E-state index contributed by atoms with van der Waals surface area (Å²) in [5.41, 5.74) is 3.45. The second-order valence-corrected chi connectivity index (χ2v) is 20.0. The lowest BCUT2D eigenvalue weighted by atomic mass is 9.69. The van der Waals surface area contributed by atoms with E-state index in [1.807, 2.05) is 0 Å². The van der Waals surface area contributed by atoms with Crippen LogP contribution in [0.25, 0.3) is 0 Å². The van der Waals surface area contributed by atoms with Crippen LogP contribution in [0, 0.1) is 11.8 Å². The molecule has 0 heterocycles. The predicted molar refractivity (Wildman–Crippen MR) is 105 cm³/mol. The Labute approximate surface area is 139 Å². The quantitative estimate of drug-likeness (QED) is 0.691. The highest BCUT2D eigenvalue weighted by Gasteiger charge is 2.34. The third-order valence-electron chi connectivity index (χ3n) is 5.99. The van der Waals surface area contributed by atoms with E-state index in [1.165, 1.54) is 38.5 Å². The van der Waals surface area contributed by atoms with Crippen molar-refractivity contribution < 1.29 is 0 Å². The summed E-state index contributed by atoms with van der Waals surface area (Å²) in [6.07, 6.45) is 8.69. The maximum atomic E-state index is 2.68. The van der Waals surface area contributed by atoms with Crippen molar-refractivity contribution in [3.05, 3.63) is 23.3 Å². The van der Waals surface area contributed by atoms with Crippen molar-refractivity contribution in [1.29, 1.82) is 0 Å². The molecule has 0 aromatic heterocycles. The highest BCUT2D eigenvalue weighted by molar-refractivity contribution is 6.98. The molecule has 0 aliphatic heterocycles. The van der Waals surface area contributed by atoms with Gasteiger partial charge in [-0.15, -0.1) is 0 Å². The van der Waals surface area contributed by atoms with E-state index in [0.29, 0.717) is 0 Å². The molecule has 22 heavy (non-hydrogen) atoms. The van der Waals surface area contributed by atoms with Gasteiger partial charge in [0.05, 0.1) is 16.1 Å². The zero-order valence-electron chi connectivity index (χ0n) is 15.6. The maximum absolute atomic E-state index is 2.68. The molecule has 0 saturated heterocycles. The van der Waals surface area contributed by atoms with E-state index in [2.05, 4.69) is 51.4 Å². The minimum Gasteiger partial charge on any atom is -0.0656 e. The van der Waals surface area contributed by atoms with Crippen molar-refractivity contribution in [3.8, 4) is 0 Å². The maximum Gasteiger partial charge on any atom is 0.0774 e. The van der Waals surface area contributed by atoms with Gasteiger partial charge in [-0.3, -0.25) is 0 Å². The molecule has 0 radical (unpaired) electrons. The normalized spacial score (nSPS) is 25.5. The summed E-state index contributed by atoms with van der Waals surface area (Å²) < 4.78 is 0. The van der Waals surface area contributed by atoms with Crippen LogP contribution in [0.15, 0.2) is 12.1 Å². The lowest BCUT2D eigenvalue weighted by Crippen LogP contribution is -2.57. The molecule has 3 rings (SSSR count). The molecule has 2 aliphatic carbocycles. The number of hydrogen-bond acceptors (Lipinski definition) is 0. The zero-order chi connectivity index (χ0) is 16.1. The third-order valence-corrected chi connectivity index (χ3v) is 10.3. The molecule has 0 nitrogen and oxygen atoms in total. The van der Waals surface area contributed by atoms with Gasteiger partial charge in [0.25, 0.3) is 0 Å². The Hall–Kier alpha value is -0.346. The Kier molecular flexibility index (Phi) is 4.22. The fraction of sp³-hybridized carbons (Fsp3) is 0.700. The molecule has 2 heteroatoms. The summed E-state index contributed by atoms with van der Waals surface area (Å²) in [6, 6.07) is 5.36. The Balaban J connectivity index is 2.07. The van der Waals surface area contributed by atoms with E-state index in [-0.39, 0.29) is 0 Å². The largest absolute Gasteiger partial charge is 0.0774 e. The second kappa shape index (κ2) is 5.63. The van der Waals surface area contributed by atoms with Crippen LogP contribution >= 0.6 is 0 Å². The number of fused-ring (bicyclic) bond motifs is 2. The number of rotatable bonds is 2. The predicted octanol–water partition coefficient (Wildman–Crippen LogP) is 4.68. The molecule has 0 spiro atoms. The monoisotopic (exact) mass is 330 g/mol. The molecule has 2 aliphatic rings. The molecule has 1 saturated carbocycles. The number of hydrogen-bond donors (Lipinski definition) is 0. The molecule has 0 amide bonds. The van der Waals surface area contributed by atoms with Gasteiger partial charge in [-0.2, -0.15) is 0 Å². The van der Waals surface area contributed by atoms with Gasteiger partial charge in [-0.25, -0.2) is 0 Å². The lowest BCUT2D eigenvalue weighted by Gasteiger charge is -2.39. The van der Waals surface area contributed by atoms with Gasteiger partial charge in [0, 0.05) is 0 Å². The fourth-order valence-electron chi connectivity index (χ4n) is 4.70. The minimum atomic E-state index is -1.26. The van der Waals surface area contributed by atoms with Crippen LogP contribution in [0.1, 0.15) is 36.8 Å². The summed E-state index contributed by atoms with van der Waals surface area (Å²) in [7, 11) is -2.51. The standard InChI is InChI=1S/C20H34Si2/c1-21(2,3)19-13-17-11-15-9-7-8-10-16(15)12-18(17)14-20(19)22(4,5)6/h13-16H,7-12H2,1-6H3/t15-,16-/m1/s1. The van der Waals surface area contributed by atoms with Crippen molar-refractivity contribution in [3.63, 3.8) is 0 Å². The van der Waals surface area contributed by atoms with Gasteiger partial charge in [0.1, 0.15) is 0 Å². The van der Waals surface area contributed by atoms with Crippen molar-refractivity contribution in [2.45, 2.75) is 77.8 Å². The fourth-order valence-corrected chi connectivity index (χ4v) is 9.92. The topological polar surface area (TPSA) is 0 Å². The van der Waals surface area contributed by atoms with Crippen LogP contribution < -0.4 is 10.4 Å². The van der Waals surface area contributed by atoms with Crippen molar-refractivity contribution >= 4 is 26.5 Å². The van der Waals surface area contributed by atoms with E-state index < -0.39 is 16.1 Å². The third kappa shape index (κ3) is 3.14. The highest BCUT2D eigenvalue weighted by Crippen LogP contribution is 2.39. The van der Waals surface area contributed by atoms with Gasteiger partial charge >= 0.3 is 0 Å². The van der Waals surface area contributed by atoms with E-state index in [1.54, 1.807) is 21.5 Å². The van der Waals surface area contributed by atoms with E-state index in [4.69, 9.17) is 0 Å². The number of benzene rings is 1. The van der Waals surface area contributed by atoms with E-state index >= 15 is 0 Å². The summed E-state index contributed by atoms with van der Waals surface area (Å²) in [4.78, 5) is 0. The van der Waals surface area contributed by atoms with E-state index in [9.17, 15) is 0 Å². The van der Waals surface area contributed by atoms with Crippen LogP contribution in [0.4, 0.5) is 0 Å². The second-order valence-electron chi connectivity index (χ2n) is 9.88. The Bertz CT molecular complexity index is 509. The summed E-state index contributed by atoms with van der Waals surface area (Å²) in [6.45, 7) is 15.2. The molecule has 1 fully saturated rings. The van der Waals surface area contributed by atoms with Crippen LogP contribution in [0.5, 0.6) is 0 Å². The van der Waals surface area contributed by atoms with Crippen LogP contribution in [-0.4, -0.2) is 16.1 Å². The summed E-state index contributed by atoms with van der Waals surface area (Å²) in [5.74, 6) is 1.99. The van der Waals surface area contributed by atoms with Crippen molar-refractivity contribution in [1.82, 2.24) is 0 Å². The van der Waals surface area contributed by atoms with Gasteiger partial charge in [-0.05, 0) is 48.6 Å². The smallest absolute Gasteiger partial charge is 0.0656 e. The lowest BCUT2D eigenvalue weighted by molar-refractivity contribution is 0.221. The first-order valence-corrected chi connectivity index (χ1v) is 16.3. The zero-order valence-corrected chi connectivity index (χ0v) is 17.6. The molecule has 1 aromatic rings. The van der Waals surface area contributed by atoms with Gasteiger partial charge < -0.3 is 0 Å². The highest BCUT2D eigenvalue weighted by atomic mass is 28.3. The first-order chi connectivity index (χ1) is 10.2. The average Bonchev–Trinajstić information content (AvgIpc) is 2.41. The molecule has 1 aromatic carbocycles. The molecular formula is C20H34Si2. The molecular weight excluding hydrogens is 296 g/mol. The Morgan fingerprint density at radius 1 is 0.682 bits per heavy atom. The Morgan fingerprint density at radius 3 is 1.36 bits per heavy atom. The summed E-state index contributed by atoms with van der Waals surface area (Å²) in [5, 5.41) is 3.55. The van der Waals surface area contributed by atoms with Gasteiger partial charge in [-0.1, -0.05) is 74.6 Å². The summed E-state index contributed by atoms with van der Waals surface area (Å²) >= 11 is 0. The van der Waals surface area contributed by atoms with E-state index in [0.717, 1.165) is 11.8 Å². The van der Waals surface area contributed by atoms with Crippen molar-refractivity contribution in [2.75, 3.05) is 0 Å². The van der Waals surface area contributed by atoms with Crippen molar-refractivity contribution in [2.24, 2.45) is 11.8 Å².